The normalized spacial score (nSPS) is 18.3. The second kappa shape index (κ2) is 5.76. The largest absolute Gasteiger partial charge is 0.491 e. The maximum Gasteiger partial charge on any atom is 0.230 e. The number of hydrogen-bond acceptors (Lipinski definition) is 3. The number of rotatable bonds is 3. The highest BCUT2D eigenvalue weighted by Gasteiger charge is 2.25. The summed E-state index contributed by atoms with van der Waals surface area (Å²) in [6.45, 7) is 0.901. The number of amides is 2. The Morgan fingerprint density at radius 1 is 1.43 bits per heavy atom. The minimum atomic E-state index is 0.0457. The van der Waals surface area contributed by atoms with Crippen LogP contribution in [0.5, 0.6) is 5.75 Å². The van der Waals surface area contributed by atoms with Gasteiger partial charge in [-0.25, -0.2) is 0 Å². The van der Waals surface area contributed by atoms with Crippen molar-refractivity contribution in [3.05, 3.63) is 23.8 Å². The van der Waals surface area contributed by atoms with E-state index in [-0.39, 0.29) is 17.7 Å². The molecule has 5 nitrogen and oxygen atoms in total. The number of anilines is 1. The summed E-state index contributed by atoms with van der Waals surface area (Å²) in [7, 11) is 1.76. The first-order valence-corrected chi connectivity index (χ1v) is 7.45. The molecule has 0 bridgehead atoms. The Hall–Kier alpha value is -2.04. The van der Waals surface area contributed by atoms with E-state index in [9.17, 15) is 9.59 Å². The van der Waals surface area contributed by atoms with E-state index in [2.05, 4.69) is 5.32 Å². The summed E-state index contributed by atoms with van der Waals surface area (Å²) in [5.41, 5.74) is 1.75. The van der Waals surface area contributed by atoms with Crippen molar-refractivity contribution in [2.75, 3.05) is 18.6 Å². The summed E-state index contributed by atoms with van der Waals surface area (Å²) in [5, 5.41) is 2.97. The van der Waals surface area contributed by atoms with Gasteiger partial charge in [-0.05, 0) is 30.5 Å². The van der Waals surface area contributed by atoms with E-state index in [4.69, 9.17) is 4.74 Å². The summed E-state index contributed by atoms with van der Waals surface area (Å²) in [5.74, 6) is 1.09. The van der Waals surface area contributed by atoms with Gasteiger partial charge in [0.1, 0.15) is 5.75 Å². The van der Waals surface area contributed by atoms with Gasteiger partial charge in [-0.3, -0.25) is 9.59 Å². The maximum absolute atomic E-state index is 11.9. The predicted octanol–water partition coefficient (Wildman–Crippen LogP) is 1.85. The lowest BCUT2D eigenvalue weighted by Gasteiger charge is -2.24. The van der Waals surface area contributed by atoms with Crippen molar-refractivity contribution < 1.29 is 14.3 Å². The molecule has 2 aliphatic rings. The third kappa shape index (κ3) is 2.86. The van der Waals surface area contributed by atoms with Crippen LogP contribution in [0.3, 0.4) is 0 Å². The van der Waals surface area contributed by atoms with Crippen molar-refractivity contribution in [2.24, 2.45) is 5.92 Å². The van der Waals surface area contributed by atoms with E-state index < -0.39 is 0 Å². The van der Waals surface area contributed by atoms with E-state index in [0.717, 1.165) is 36.3 Å². The molecular weight excluding hydrogens is 268 g/mol. The molecule has 0 saturated heterocycles. The first-order valence-electron chi connectivity index (χ1n) is 7.45. The fourth-order valence-corrected chi connectivity index (χ4v) is 2.61. The van der Waals surface area contributed by atoms with E-state index >= 15 is 0 Å². The van der Waals surface area contributed by atoms with Crippen LogP contribution in [0.25, 0.3) is 0 Å². The van der Waals surface area contributed by atoms with Crippen LogP contribution in [-0.4, -0.2) is 25.5 Å². The van der Waals surface area contributed by atoms with Crippen LogP contribution in [0.1, 0.15) is 31.2 Å². The van der Waals surface area contributed by atoms with E-state index in [0.29, 0.717) is 19.6 Å². The van der Waals surface area contributed by atoms with Crippen LogP contribution in [0, 0.1) is 5.92 Å². The number of benzene rings is 1. The molecule has 21 heavy (non-hydrogen) atoms. The van der Waals surface area contributed by atoms with Crippen molar-refractivity contribution in [3.63, 3.8) is 0 Å². The highest BCUT2D eigenvalue weighted by atomic mass is 16.5. The molecule has 1 heterocycles. The maximum atomic E-state index is 11.9. The average molecular weight is 288 g/mol. The molecule has 1 fully saturated rings. The van der Waals surface area contributed by atoms with Crippen LogP contribution in [0.4, 0.5) is 5.69 Å². The zero-order chi connectivity index (χ0) is 14.8. The molecule has 1 aromatic rings. The number of nitrogens with zero attached hydrogens (tertiary/aromatic N) is 1. The molecule has 1 aliphatic carbocycles. The quantitative estimate of drug-likeness (QED) is 0.923. The molecule has 5 heteroatoms. The van der Waals surface area contributed by atoms with Gasteiger partial charge in [0.15, 0.2) is 0 Å². The Morgan fingerprint density at radius 2 is 2.24 bits per heavy atom. The second-order valence-electron chi connectivity index (χ2n) is 5.70. The van der Waals surface area contributed by atoms with Crippen LogP contribution >= 0.6 is 0 Å². The van der Waals surface area contributed by atoms with Crippen molar-refractivity contribution >= 4 is 17.5 Å². The standard InChI is InChI=1S/C16H20N2O3/c1-18-13-9-11(10-17-16(20)12-3-2-4-12)5-6-14(13)21-8-7-15(18)19/h5-6,9,12H,2-4,7-8,10H2,1H3,(H,17,20). The number of nitrogens with one attached hydrogen (secondary N) is 1. The number of carbonyl (C=O) groups excluding carboxylic acids is 2. The predicted molar refractivity (Wildman–Crippen MR) is 79.2 cm³/mol. The molecule has 3 rings (SSSR count). The fraction of sp³-hybridized carbons (Fsp3) is 0.500. The Bertz CT molecular complexity index is 567. The highest BCUT2D eigenvalue weighted by molar-refractivity contribution is 5.95. The first-order chi connectivity index (χ1) is 10.1. The fourth-order valence-electron chi connectivity index (χ4n) is 2.61. The van der Waals surface area contributed by atoms with E-state index in [1.54, 1.807) is 11.9 Å². The lowest BCUT2D eigenvalue weighted by molar-refractivity contribution is -0.127. The monoisotopic (exact) mass is 288 g/mol. The third-order valence-corrected chi connectivity index (χ3v) is 4.28. The van der Waals surface area contributed by atoms with Gasteiger partial charge in [-0.1, -0.05) is 12.5 Å². The summed E-state index contributed by atoms with van der Waals surface area (Å²) in [6.07, 6.45) is 3.54. The SMILES string of the molecule is CN1C(=O)CCOc2ccc(CNC(=O)C3CCC3)cc21. The summed E-state index contributed by atoms with van der Waals surface area (Å²) < 4.78 is 5.58. The average Bonchev–Trinajstić information content (AvgIpc) is 2.55. The molecule has 0 radical (unpaired) electrons. The number of carbonyl (C=O) groups is 2. The Kier molecular flexibility index (Phi) is 3.82. The van der Waals surface area contributed by atoms with E-state index in [1.165, 1.54) is 0 Å². The van der Waals surface area contributed by atoms with Crippen LogP contribution < -0.4 is 15.0 Å². The van der Waals surface area contributed by atoms with E-state index in [1.807, 2.05) is 18.2 Å². The van der Waals surface area contributed by atoms with Gasteiger partial charge in [0.2, 0.25) is 11.8 Å². The molecule has 0 unspecified atom stereocenters. The zero-order valence-corrected chi connectivity index (χ0v) is 12.2. The van der Waals surface area contributed by atoms with Crippen molar-refractivity contribution in [2.45, 2.75) is 32.2 Å². The Balaban J connectivity index is 1.71. The van der Waals surface area contributed by atoms with Gasteiger partial charge in [0.25, 0.3) is 0 Å². The molecule has 0 spiro atoms. The molecule has 1 aliphatic heterocycles. The minimum Gasteiger partial charge on any atom is -0.491 e. The molecule has 1 N–H and O–H groups in total. The van der Waals surface area contributed by atoms with Crippen LogP contribution in [0.15, 0.2) is 18.2 Å². The topological polar surface area (TPSA) is 58.6 Å². The van der Waals surface area contributed by atoms with Gasteiger partial charge in [0.05, 0.1) is 18.7 Å². The molecule has 0 atom stereocenters. The minimum absolute atomic E-state index is 0.0457. The lowest BCUT2D eigenvalue weighted by Crippen LogP contribution is -2.34. The highest BCUT2D eigenvalue weighted by Crippen LogP contribution is 2.31. The Morgan fingerprint density at radius 3 is 2.95 bits per heavy atom. The summed E-state index contributed by atoms with van der Waals surface area (Å²) >= 11 is 0. The first kappa shape index (κ1) is 13.9. The van der Waals surface area contributed by atoms with Gasteiger partial charge < -0.3 is 15.0 Å². The number of fused-ring (bicyclic) bond motifs is 1. The molecular formula is C16H20N2O3. The van der Waals surface area contributed by atoms with Gasteiger partial charge in [-0.2, -0.15) is 0 Å². The third-order valence-electron chi connectivity index (χ3n) is 4.28. The summed E-state index contributed by atoms with van der Waals surface area (Å²) in [6, 6.07) is 5.72. The molecule has 1 aromatic carbocycles. The molecule has 0 aromatic heterocycles. The van der Waals surface area contributed by atoms with Gasteiger partial charge >= 0.3 is 0 Å². The smallest absolute Gasteiger partial charge is 0.230 e. The Labute approximate surface area is 124 Å². The lowest BCUT2D eigenvalue weighted by atomic mass is 9.85. The number of hydrogen-bond donors (Lipinski definition) is 1. The summed E-state index contributed by atoms with van der Waals surface area (Å²) in [4.78, 5) is 25.3. The molecule has 112 valence electrons. The van der Waals surface area contributed by atoms with Gasteiger partial charge in [0, 0.05) is 19.5 Å². The van der Waals surface area contributed by atoms with Crippen molar-refractivity contribution in [1.29, 1.82) is 0 Å². The molecule has 2 amide bonds. The van der Waals surface area contributed by atoms with Crippen LogP contribution in [-0.2, 0) is 16.1 Å². The van der Waals surface area contributed by atoms with Gasteiger partial charge in [-0.15, -0.1) is 0 Å². The van der Waals surface area contributed by atoms with Crippen molar-refractivity contribution in [3.8, 4) is 5.75 Å². The van der Waals surface area contributed by atoms with Crippen LogP contribution in [0.2, 0.25) is 0 Å². The second-order valence-corrected chi connectivity index (χ2v) is 5.70. The molecule has 1 saturated carbocycles. The van der Waals surface area contributed by atoms with Crippen molar-refractivity contribution in [1.82, 2.24) is 5.32 Å². The zero-order valence-electron chi connectivity index (χ0n) is 12.2. The number of ether oxygens (including phenoxy) is 1.